The molecule has 6 nitrogen and oxygen atoms in total. The topological polar surface area (TPSA) is 65.8 Å². The van der Waals surface area contributed by atoms with Crippen LogP contribution in [0, 0.1) is 11.3 Å². The predicted molar refractivity (Wildman–Crippen MR) is 86.3 cm³/mol. The van der Waals surface area contributed by atoms with E-state index in [0.717, 1.165) is 18.0 Å². The van der Waals surface area contributed by atoms with E-state index in [1.54, 1.807) is 11.9 Å². The molecule has 1 atom stereocenters. The summed E-state index contributed by atoms with van der Waals surface area (Å²) in [6.45, 7) is 4.65. The highest BCUT2D eigenvalue weighted by molar-refractivity contribution is 5.78. The van der Waals surface area contributed by atoms with Crippen LogP contribution in [0.3, 0.4) is 0 Å². The molecule has 1 aliphatic rings. The normalized spacial score (nSPS) is 16.0. The highest BCUT2D eigenvalue weighted by atomic mass is 16.6. The average Bonchev–Trinajstić information content (AvgIpc) is 2.58. The Morgan fingerprint density at radius 1 is 1.39 bits per heavy atom. The molecule has 0 saturated heterocycles. The summed E-state index contributed by atoms with van der Waals surface area (Å²) in [7, 11) is 1.73. The van der Waals surface area contributed by atoms with Crippen molar-refractivity contribution in [2.45, 2.75) is 19.4 Å². The zero-order valence-corrected chi connectivity index (χ0v) is 13.7. The van der Waals surface area contributed by atoms with E-state index < -0.39 is 0 Å². The van der Waals surface area contributed by atoms with Gasteiger partial charge in [-0.2, -0.15) is 5.26 Å². The van der Waals surface area contributed by atoms with Crippen molar-refractivity contribution in [1.82, 2.24) is 9.80 Å². The molecule has 1 heterocycles. The van der Waals surface area contributed by atoms with Crippen LogP contribution in [0.5, 0.6) is 11.5 Å². The quantitative estimate of drug-likeness (QED) is 0.763. The summed E-state index contributed by atoms with van der Waals surface area (Å²) >= 11 is 0. The first-order valence-corrected chi connectivity index (χ1v) is 7.85. The molecule has 1 amide bonds. The molecule has 0 spiro atoms. The average molecular weight is 317 g/mol. The van der Waals surface area contributed by atoms with Gasteiger partial charge in [-0.1, -0.05) is 19.1 Å². The van der Waals surface area contributed by atoms with Crippen molar-refractivity contribution in [1.29, 1.82) is 5.26 Å². The van der Waals surface area contributed by atoms with Crippen LogP contribution in [0.1, 0.15) is 13.3 Å². The minimum atomic E-state index is -0.0953. The predicted octanol–water partition coefficient (Wildman–Crippen LogP) is 1.52. The maximum Gasteiger partial charge on any atom is 0.236 e. The van der Waals surface area contributed by atoms with Gasteiger partial charge in [0, 0.05) is 20.1 Å². The van der Waals surface area contributed by atoms with Crippen molar-refractivity contribution in [3.8, 4) is 17.6 Å². The molecule has 1 aromatic carbocycles. The molecule has 124 valence electrons. The molecule has 0 radical (unpaired) electrons. The number of ether oxygens (including phenoxy) is 2. The van der Waals surface area contributed by atoms with E-state index in [1.165, 1.54) is 0 Å². The van der Waals surface area contributed by atoms with Crippen LogP contribution in [-0.2, 0) is 4.79 Å². The Morgan fingerprint density at radius 2 is 2.13 bits per heavy atom. The number of carbonyl (C=O) groups excluding carboxylic acids is 1. The van der Waals surface area contributed by atoms with Crippen LogP contribution in [0.4, 0.5) is 0 Å². The number of benzene rings is 1. The Balaban J connectivity index is 1.86. The lowest BCUT2D eigenvalue weighted by atomic mass is 10.2. The van der Waals surface area contributed by atoms with Crippen LogP contribution >= 0.6 is 0 Å². The molecule has 0 saturated carbocycles. The summed E-state index contributed by atoms with van der Waals surface area (Å²) in [5, 5.41) is 8.59. The summed E-state index contributed by atoms with van der Waals surface area (Å²) < 4.78 is 11.6. The Kier molecular flexibility index (Phi) is 6.24. The van der Waals surface area contributed by atoms with Gasteiger partial charge in [0.2, 0.25) is 5.91 Å². The van der Waals surface area contributed by atoms with E-state index in [1.807, 2.05) is 36.1 Å². The largest absolute Gasteiger partial charge is 0.486 e. The zero-order valence-electron chi connectivity index (χ0n) is 13.7. The summed E-state index contributed by atoms with van der Waals surface area (Å²) in [5.74, 6) is 1.52. The molecule has 2 rings (SSSR count). The second kappa shape index (κ2) is 8.39. The summed E-state index contributed by atoms with van der Waals surface area (Å²) in [6.07, 6.45) is 0.257. The summed E-state index contributed by atoms with van der Waals surface area (Å²) in [6, 6.07) is 9.65. The third-order valence-electron chi connectivity index (χ3n) is 3.82. The van der Waals surface area contributed by atoms with Gasteiger partial charge < -0.3 is 14.4 Å². The maximum atomic E-state index is 12.2. The van der Waals surface area contributed by atoms with Gasteiger partial charge in [0.05, 0.1) is 19.0 Å². The van der Waals surface area contributed by atoms with Gasteiger partial charge in [0.25, 0.3) is 0 Å². The number of nitriles is 1. The fourth-order valence-electron chi connectivity index (χ4n) is 2.40. The number of nitrogens with zero attached hydrogens (tertiary/aromatic N) is 3. The van der Waals surface area contributed by atoms with Crippen LogP contribution < -0.4 is 9.47 Å². The van der Waals surface area contributed by atoms with E-state index in [2.05, 4.69) is 6.07 Å². The monoisotopic (exact) mass is 317 g/mol. The van der Waals surface area contributed by atoms with Crippen molar-refractivity contribution in [3.63, 3.8) is 0 Å². The van der Waals surface area contributed by atoms with Crippen molar-refractivity contribution < 1.29 is 14.3 Å². The lowest BCUT2D eigenvalue weighted by Gasteiger charge is -2.31. The van der Waals surface area contributed by atoms with E-state index >= 15 is 0 Å². The number of para-hydroxylation sites is 2. The minimum absolute atomic E-state index is 0.0132. The SMILES string of the molecule is CCN(CC(=O)N(C)CCC#N)CC1COc2ccccc2O1. The van der Waals surface area contributed by atoms with E-state index in [-0.39, 0.29) is 12.0 Å². The summed E-state index contributed by atoms with van der Waals surface area (Å²) in [4.78, 5) is 15.8. The molecule has 6 heteroatoms. The number of hydrogen-bond acceptors (Lipinski definition) is 5. The molecule has 0 fully saturated rings. The van der Waals surface area contributed by atoms with Crippen LogP contribution in [0.15, 0.2) is 24.3 Å². The van der Waals surface area contributed by atoms with Crippen LogP contribution in [0.2, 0.25) is 0 Å². The first kappa shape index (κ1) is 17.1. The van der Waals surface area contributed by atoms with Gasteiger partial charge in [-0.05, 0) is 18.7 Å². The summed E-state index contributed by atoms with van der Waals surface area (Å²) in [5.41, 5.74) is 0. The van der Waals surface area contributed by atoms with Crippen molar-refractivity contribution >= 4 is 5.91 Å². The Hall–Kier alpha value is -2.26. The Morgan fingerprint density at radius 3 is 2.83 bits per heavy atom. The third-order valence-corrected chi connectivity index (χ3v) is 3.82. The van der Waals surface area contributed by atoms with Crippen LogP contribution in [0.25, 0.3) is 0 Å². The van der Waals surface area contributed by atoms with Gasteiger partial charge >= 0.3 is 0 Å². The van der Waals surface area contributed by atoms with E-state index in [4.69, 9.17) is 14.7 Å². The number of carbonyl (C=O) groups is 1. The smallest absolute Gasteiger partial charge is 0.236 e. The highest BCUT2D eigenvalue weighted by Gasteiger charge is 2.24. The molecule has 0 bridgehead atoms. The van der Waals surface area contributed by atoms with Crippen molar-refractivity contribution in [2.75, 3.05) is 39.8 Å². The molecular weight excluding hydrogens is 294 g/mol. The van der Waals surface area contributed by atoms with Gasteiger partial charge in [0.15, 0.2) is 11.5 Å². The zero-order chi connectivity index (χ0) is 16.7. The molecule has 1 aromatic rings. The number of amides is 1. The second-order valence-electron chi connectivity index (χ2n) is 5.55. The van der Waals surface area contributed by atoms with E-state index in [0.29, 0.717) is 32.7 Å². The standard InChI is InChI=1S/C17H23N3O3/c1-3-20(12-17(21)19(2)10-6-9-18)11-14-13-22-15-7-4-5-8-16(15)23-14/h4-5,7-8,14H,3,6,10-13H2,1-2H3. The third kappa shape index (κ3) is 4.86. The van der Waals surface area contributed by atoms with Gasteiger partial charge in [-0.3, -0.25) is 9.69 Å². The first-order chi connectivity index (χ1) is 11.1. The maximum absolute atomic E-state index is 12.2. The lowest BCUT2D eigenvalue weighted by molar-refractivity contribution is -0.131. The minimum Gasteiger partial charge on any atom is -0.486 e. The second-order valence-corrected chi connectivity index (χ2v) is 5.55. The first-order valence-electron chi connectivity index (χ1n) is 7.85. The fraction of sp³-hybridized carbons (Fsp3) is 0.529. The van der Waals surface area contributed by atoms with Gasteiger partial charge in [-0.25, -0.2) is 0 Å². The Bertz CT molecular complexity index is 570. The molecular formula is C17H23N3O3. The number of hydrogen-bond donors (Lipinski definition) is 0. The van der Waals surface area contributed by atoms with Crippen LogP contribution in [-0.4, -0.2) is 61.6 Å². The Labute approximate surface area is 137 Å². The fourth-order valence-corrected chi connectivity index (χ4v) is 2.40. The molecule has 0 aromatic heterocycles. The number of likely N-dealkylation sites (N-methyl/N-ethyl adjacent to an activating group) is 2. The van der Waals surface area contributed by atoms with Crippen molar-refractivity contribution in [3.05, 3.63) is 24.3 Å². The molecule has 0 N–H and O–H groups in total. The number of fused-ring (bicyclic) bond motifs is 1. The van der Waals surface area contributed by atoms with Gasteiger partial charge in [0.1, 0.15) is 12.7 Å². The van der Waals surface area contributed by atoms with E-state index in [9.17, 15) is 4.79 Å². The highest BCUT2D eigenvalue weighted by Crippen LogP contribution is 2.30. The molecule has 1 aliphatic heterocycles. The molecule has 1 unspecified atom stereocenters. The molecule has 0 aliphatic carbocycles. The lowest BCUT2D eigenvalue weighted by Crippen LogP contribution is -2.45. The molecule has 23 heavy (non-hydrogen) atoms. The van der Waals surface area contributed by atoms with Gasteiger partial charge in [-0.15, -0.1) is 0 Å². The number of rotatable bonds is 7. The van der Waals surface area contributed by atoms with Crippen molar-refractivity contribution in [2.24, 2.45) is 0 Å².